The smallest absolute Gasteiger partial charge is 0.275 e. The Balaban J connectivity index is 1.53. The van der Waals surface area contributed by atoms with Gasteiger partial charge in [0.2, 0.25) is 5.89 Å². The lowest BCUT2D eigenvalue weighted by molar-refractivity contribution is 0.0564. The van der Waals surface area contributed by atoms with E-state index in [0.29, 0.717) is 24.6 Å². The van der Waals surface area contributed by atoms with E-state index in [-0.39, 0.29) is 17.4 Å². The lowest BCUT2D eigenvalue weighted by Gasteiger charge is -2.33. The Morgan fingerprint density at radius 1 is 1.24 bits per heavy atom. The van der Waals surface area contributed by atoms with Crippen molar-refractivity contribution in [3.05, 3.63) is 71.2 Å². The first-order valence-corrected chi connectivity index (χ1v) is 10.3. The van der Waals surface area contributed by atoms with E-state index in [1.54, 1.807) is 6.20 Å². The van der Waals surface area contributed by atoms with Gasteiger partial charge in [-0.05, 0) is 30.9 Å². The van der Waals surface area contributed by atoms with Crippen LogP contribution in [-0.4, -0.2) is 32.5 Å². The van der Waals surface area contributed by atoms with Gasteiger partial charge < -0.3 is 9.32 Å². The second kappa shape index (κ2) is 7.85. The third-order valence-electron chi connectivity index (χ3n) is 5.45. The molecule has 1 saturated heterocycles. The Kier molecular flexibility index (Phi) is 5.26. The molecule has 0 aliphatic carbocycles. The molecule has 1 aromatic carbocycles. The lowest BCUT2D eigenvalue weighted by Crippen LogP contribution is -2.38. The summed E-state index contributed by atoms with van der Waals surface area (Å²) < 4.78 is 6.07. The third-order valence-corrected chi connectivity index (χ3v) is 5.45. The Hall–Kier alpha value is -2.89. The molecule has 1 atom stereocenters. The van der Waals surface area contributed by atoms with Crippen LogP contribution in [0.25, 0.3) is 0 Å². The molecular weight excluding hydrogens is 364 g/mol. The summed E-state index contributed by atoms with van der Waals surface area (Å²) in [5.74, 6) is 1.37. The predicted octanol–water partition coefficient (Wildman–Crippen LogP) is 4.65. The van der Waals surface area contributed by atoms with Crippen LogP contribution in [0.3, 0.4) is 0 Å². The summed E-state index contributed by atoms with van der Waals surface area (Å²) in [6, 6.07) is 11.9. The molecule has 0 saturated carbocycles. The van der Waals surface area contributed by atoms with E-state index in [0.717, 1.165) is 30.7 Å². The first-order valence-electron chi connectivity index (χ1n) is 10.3. The number of carbonyl (C=O) groups excluding carboxylic acids is 1. The number of benzene rings is 1. The van der Waals surface area contributed by atoms with Gasteiger partial charge in [-0.15, -0.1) is 0 Å². The minimum absolute atomic E-state index is 0.0655. The van der Waals surface area contributed by atoms with E-state index < -0.39 is 0 Å². The van der Waals surface area contributed by atoms with Crippen LogP contribution in [0, 0.1) is 0 Å². The van der Waals surface area contributed by atoms with Gasteiger partial charge in [-0.2, -0.15) is 5.10 Å². The molecule has 0 unspecified atom stereocenters. The summed E-state index contributed by atoms with van der Waals surface area (Å²) in [6.07, 6.45) is 5.37. The van der Waals surface area contributed by atoms with Crippen molar-refractivity contribution in [2.24, 2.45) is 0 Å². The van der Waals surface area contributed by atoms with Crippen LogP contribution < -0.4 is 0 Å². The van der Waals surface area contributed by atoms with Crippen molar-refractivity contribution < 1.29 is 9.21 Å². The Morgan fingerprint density at radius 3 is 2.76 bits per heavy atom. The molecule has 1 aliphatic rings. The number of nitrogens with zero attached hydrogens (tertiary/aromatic N) is 3. The van der Waals surface area contributed by atoms with Gasteiger partial charge in [0, 0.05) is 24.1 Å². The number of amides is 1. The highest BCUT2D eigenvalue weighted by atomic mass is 16.4. The van der Waals surface area contributed by atoms with Gasteiger partial charge in [0.25, 0.3) is 5.91 Å². The number of carbonyl (C=O) groups is 1. The normalized spacial score (nSPS) is 17.5. The maximum atomic E-state index is 13.2. The molecule has 4 rings (SSSR count). The fourth-order valence-corrected chi connectivity index (χ4v) is 3.75. The minimum atomic E-state index is -0.143. The molecule has 1 fully saturated rings. The van der Waals surface area contributed by atoms with Gasteiger partial charge in [-0.3, -0.25) is 9.89 Å². The molecule has 6 heteroatoms. The van der Waals surface area contributed by atoms with Gasteiger partial charge in [0.15, 0.2) is 0 Å². The van der Waals surface area contributed by atoms with Crippen molar-refractivity contribution in [1.29, 1.82) is 0 Å². The second-order valence-corrected chi connectivity index (χ2v) is 8.75. The van der Waals surface area contributed by atoms with Gasteiger partial charge in [0.05, 0.1) is 6.20 Å². The monoisotopic (exact) mass is 392 g/mol. The molecular formula is C23H28N4O2. The molecule has 0 radical (unpaired) electrons. The number of hydrogen-bond donors (Lipinski definition) is 1. The van der Waals surface area contributed by atoms with Gasteiger partial charge in [0.1, 0.15) is 17.5 Å². The molecule has 29 heavy (non-hydrogen) atoms. The highest BCUT2D eigenvalue weighted by Crippen LogP contribution is 2.32. The van der Waals surface area contributed by atoms with Gasteiger partial charge in [-0.25, -0.2) is 4.98 Å². The van der Waals surface area contributed by atoms with Crippen molar-refractivity contribution in [2.45, 2.75) is 57.9 Å². The first kappa shape index (κ1) is 19.4. The summed E-state index contributed by atoms with van der Waals surface area (Å²) in [7, 11) is 0. The zero-order valence-corrected chi connectivity index (χ0v) is 17.3. The van der Waals surface area contributed by atoms with Crippen LogP contribution in [0.2, 0.25) is 0 Å². The van der Waals surface area contributed by atoms with E-state index in [9.17, 15) is 4.79 Å². The van der Waals surface area contributed by atoms with Crippen molar-refractivity contribution >= 4 is 5.91 Å². The molecule has 2 aromatic heterocycles. The summed E-state index contributed by atoms with van der Waals surface area (Å²) in [5, 5.41) is 7.29. The number of likely N-dealkylation sites (tertiary alicyclic amines) is 1. The number of piperidine rings is 1. The Labute approximate surface area is 171 Å². The fraction of sp³-hybridized carbons (Fsp3) is 0.435. The Bertz CT molecular complexity index is 968. The quantitative estimate of drug-likeness (QED) is 0.701. The molecule has 1 aliphatic heterocycles. The lowest BCUT2D eigenvalue weighted by atomic mass is 9.92. The molecule has 3 aromatic rings. The Morgan fingerprint density at radius 2 is 2.03 bits per heavy atom. The van der Waals surface area contributed by atoms with E-state index in [1.807, 2.05) is 29.2 Å². The summed E-state index contributed by atoms with van der Waals surface area (Å²) >= 11 is 0. The highest BCUT2D eigenvalue weighted by molar-refractivity contribution is 5.92. The van der Waals surface area contributed by atoms with Crippen LogP contribution in [0.15, 0.2) is 47.0 Å². The number of aromatic amines is 1. The first-order chi connectivity index (χ1) is 13.9. The van der Waals surface area contributed by atoms with Crippen LogP contribution >= 0.6 is 0 Å². The van der Waals surface area contributed by atoms with Crippen LogP contribution in [0.5, 0.6) is 0 Å². The number of aromatic nitrogens is 3. The maximum absolute atomic E-state index is 13.2. The van der Waals surface area contributed by atoms with Gasteiger partial charge >= 0.3 is 0 Å². The predicted molar refractivity (Wildman–Crippen MR) is 111 cm³/mol. The number of rotatable bonds is 4. The zero-order valence-electron chi connectivity index (χ0n) is 17.3. The van der Waals surface area contributed by atoms with Crippen LogP contribution in [0.1, 0.15) is 79.5 Å². The van der Waals surface area contributed by atoms with Crippen LogP contribution in [0.4, 0.5) is 0 Å². The van der Waals surface area contributed by atoms with Crippen LogP contribution in [-0.2, 0) is 11.8 Å². The molecule has 0 bridgehead atoms. The molecule has 3 heterocycles. The SMILES string of the molecule is CC(C)(C)c1cc(C(=O)N2CCCC[C@@H]2c2ncc(Cc3ccccc3)o2)n[nH]1. The largest absolute Gasteiger partial charge is 0.443 e. The number of nitrogens with one attached hydrogen (secondary N) is 1. The average molecular weight is 393 g/mol. The third kappa shape index (κ3) is 4.26. The van der Waals surface area contributed by atoms with Crippen molar-refractivity contribution in [3.63, 3.8) is 0 Å². The zero-order chi connectivity index (χ0) is 20.4. The molecule has 152 valence electrons. The number of H-pyrrole nitrogens is 1. The number of hydrogen-bond acceptors (Lipinski definition) is 4. The average Bonchev–Trinajstić information content (AvgIpc) is 3.38. The van der Waals surface area contributed by atoms with Crippen molar-refractivity contribution in [1.82, 2.24) is 20.1 Å². The molecule has 0 spiro atoms. The standard InChI is InChI=1S/C23H28N4O2/c1-23(2,3)20-14-18(25-26-20)22(28)27-12-8-7-11-19(27)21-24-15-17(29-21)13-16-9-5-4-6-10-16/h4-6,9-10,14-15,19H,7-8,11-13H2,1-3H3,(H,25,26)/t19-/m1/s1. The molecule has 1 N–H and O–H groups in total. The van der Waals surface area contributed by atoms with Crippen molar-refractivity contribution in [2.75, 3.05) is 6.54 Å². The second-order valence-electron chi connectivity index (χ2n) is 8.75. The number of oxazole rings is 1. The van der Waals surface area contributed by atoms with Crippen molar-refractivity contribution in [3.8, 4) is 0 Å². The maximum Gasteiger partial charge on any atom is 0.275 e. The molecule has 6 nitrogen and oxygen atoms in total. The summed E-state index contributed by atoms with van der Waals surface area (Å²) in [4.78, 5) is 19.6. The fourth-order valence-electron chi connectivity index (χ4n) is 3.75. The van der Waals surface area contributed by atoms with E-state index in [1.165, 1.54) is 5.56 Å². The summed E-state index contributed by atoms with van der Waals surface area (Å²) in [6.45, 7) is 6.98. The van der Waals surface area contributed by atoms with Gasteiger partial charge in [-0.1, -0.05) is 51.1 Å². The van der Waals surface area contributed by atoms with E-state index in [2.05, 4.69) is 48.1 Å². The topological polar surface area (TPSA) is 75.0 Å². The molecule has 1 amide bonds. The highest BCUT2D eigenvalue weighted by Gasteiger charge is 2.33. The van der Waals surface area contributed by atoms with E-state index >= 15 is 0 Å². The summed E-state index contributed by atoms with van der Waals surface area (Å²) in [5.41, 5.74) is 2.51. The van der Waals surface area contributed by atoms with E-state index in [4.69, 9.17) is 4.42 Å². The minimum Gasteiger partial charge on any atom is -0.443 e.